The second kappa shape index (κ2) is 11.7. The van der Waals surface area contributed by atoms with Gasteiger partial charge in [-0.25, -0.2) is 4.98 Å². The lowest BCUT2D eigenvalue weighted by atomic mass is 10.2. The van der Waals surface area contributed by atoms with Gasteiger partial charge < -0.3 is 14.2 Å². The third-order valence-corrected chi connectivity index (χ3v) is 5.41. The Labute approximate surface area is 197 Å². The van der Waals surface area contributed by atoms with Gasteiger partial charge in [0.05, 0.1) is 11.9 Å². The highest BCUT2D eigenvalue weighted by atomic mass is 32.1. The first kappa shape index (κ1) is 22.4. The number of nitrogens with zero attached hydrogens (tertiary/aromatic N) is 2. The molecule has 0 amide bonds. The minimum Gasteiger partial charge on any atom is -0.490 e. The minimum atomic E-state index is 0.434. The van der Waals surface area contributed by atoms with E-state index in [9.17, 15) is 0 Å². The number of aryl methyl sites for hydroxylation is 1. The van der Waals surface area contributed by atoms with E-state index in [1.807, 2.05) is 91.2 Å². The van der Waals surface area contributed by atoms with E-state index in [0.29, 0.717) is 19.8 Å². The second-order valence-corrected chi connectivity index (χ2v) is 8.04. The number of rotatable bonds is 11. The van der Waals surface area contributed by atoms with Gasteiger partial charge in [0.1, 0.15) is 37.1 Å². The van der Waals surface area contributed by atoms with Crippen LogP contribution in [-0.4, -0.2) is 24.4 Å². The average molecular weight is 460 g/mol. The standard InChI is InChI=1S/C26H25N3O3S/c1-20-19-33-26(28-20)29-27-17-22-8-5-9-25(16-22)31-15-14-30-23-10-12-24(13-11-23)32-18-21-6-3-2-4-7-21/h2-13,16-17,19H,14-15,18H2,1H3,(H,28,29). The molecule has 1 aromatic heterocycles. The highest BCUT2D eigenvalue weighted by Crippen LogP contribution is 2.19. The summed E-state index contributed by atoms with van der Waals surface area (Å²) in [5, 5.41) is 6.96. The number of hydrazone groups is 1. The van der Waals surface area contributed by atoms with Crippen LogP contribution in [0.1, 0.15) is 16.8 Å². The molecule has 4 rings (SSSR count). The van der Waals surface area contributed by atoms with Crippen LogP contribution in [0.4, 0.5) is 5.13 Å². The molecule has 168 valence electrons. The number of anilines is 1. The average Bonchev–Trinajstić information content (AvgIpc) is 3.27. The first-order valence-electron chi connectivity index (χ1n) is 10.6. The van der Waals surface area contributed by atoms with Crippen LogP contribution in [0.25, 0.3) is 0 Å². The summed E-state index contributed by atoms with van der Waals surface area (Å²) < 4.78 is 17.4. The molecule has 0 saturated carbocycles. The van der Waals surface area contributed by atoms with Crippen molar-refractivity contribution in [3.05, 3.63) is 101 Å². The summed E-state index contributed by atoms with van der Waals surface area (Å²) in [4.78, 5) is 4.31. The fourth-order valence-electron chi connectivity index (χ4n) is 2.94. The molecule has 1 heterocycles. The summed E-state index contributed by atoms with van der Waals surface area (Å²) in [5.74, 6) is 2.34. The molecule has 0 atom stereocenters. The van der Waals surface area contributed by atoms with Crippen LogP contribution in [0.3, 0.4) is 0 Å². The van der Waals surface area contributed by atoms with Crippen LogP contribution >= 0.6 is 11.3 Å². The third kappa shape index (κ3) is 7.36. The predicted octanol–water partition coefficient (Wildman–Crippen LogP) is 5.93. The van der Waals surface area contributed by atoms with Gasteiger partial charge in [0.15, 0.2) is 0 Å². The molecule has 3 aromatic carbocycles. The molecule has 0 aliphatic rings. The number of nitrogens with one attached hydrogen (secondary N) is 1. The van der Waals surface area contributed by atoms with E-state index in [1.54, 1.807) is 6.21 Å². The fourth-order valence-corrected chi connectivity index (χ4v) is 3.58. The lowest BCUT2D eigenvalue weighted by Crippen LogP contribution is -2.09. The number of hydrogen-bond acceptors (Lipinski definition) is 7. The Morgan fingerprint density at radius 1 is 0.848 bits per heavy atom. The van der Waals surface area contributed by atoms with E-state index in [1.165, 1.54) is 11.3 Å². The van der Waals surface area contributed by atoms with Gasteiger partial charge in [-0.1, -0.05) is 42.5 Å². The molecule has 0 saturated heterocycles. The lowest BCUT2D eigenvalue weighted by Gasteiger charge is -2.10. The molecule has 0 aliphatic heterocycles. The quantitative estimate of drug-likeness (QED) is 0.171. The molecule has 33 heavy (non-hydrogen) atoms. The SMILES string of the molecule is Cc1csc(NN=Cc2cccc(OCCOc3ccc(OCc4ccccc4)cc3)c2)n1. The maximum atomic E-state index is 5.81. The van der Waals surface area contributed by atoms with Gasteiger partial charge in [0.2, 0.25) is 5.13 Å². The van der Waals surface area contributed by atoms with Gasteiger partial charge in [0, 0.05) is 5.38 Å². The van der Waals surface area contributed by atoms with Crippen LogP contribution in [0.5, 0.6) is 17.2 Å². The molecular formula is C26H25N3O3S. The van der Waals surface area contributed by atoms with Crippen LogP contribution in [-0.2, 0) is 6.61 Å². The Bertz CT molecular complexity index is 1160. The Morgan fingerprint density at radius 3 is 2.30 bits per heavy atom. The number of benzene rings is 3. The minimum absolute atomic E-state index is 0.434. The van der Waals surface area contributed by atoms with E-state index in [4.69, 9.17) is 14.2 Å². The summed E-state index contributed by atoms with van der Waals surface area (Å²) in [6.07, 6.45) is 1.74. The summed E-state index contributed by atoms with van der Waals surface area (Å²) >= 11 is 1.52. The van der Waals surface area contributed by atoms with Gasteiger partial charge in [0.25, 0.3) is 0 Å². The maximum Gasteiger partial charge on any atom is 0.203 e. The predicted molar refractivity (Wildman–Crippen MR) is 133 cm³/mol. The normalized spacial score (nSPS) is 10.8. The zero-order valence-electron chi connectivity index (χ0n) is 18.3. The summed E-state index contributed by atoms with van der Waals surface area (Å²) in [5.41, 5.74) is 5.97. The van der Waals surface area contributed by atoms with Crippen molar-refractivity contribution < 1.29 is 14.2 Å². The van der Waals surface area contributed by atoms with Crippen LogP contribution in [0.2, 0.25) is 0 Å². The number of aromatic nitrogens is 1. The largest absolute Gasteiger partial charge is 0.490 e. The molecule has 6 nitrogen and oxygen atoms in total. The van der Waals surface area contributed by atoms with Gasteiger partial charge in [-0.15, -0.1) is 11.3 Å². The summed E-state index contributed by atoms with van der Waals surface area (Å²) in [6.45, 7) is 3.36. The fraction of sp³-hybridized carbons (Fsp3) is 0.154. The van der Waals surface area contributed by atoms with E-state index < -0.39 is 0 Å². The van der Waals surface area contributed by atoms with Crippen molar-refractivity contribution in [1.29, 1.82) is 0 Å². The van der Waals surface area contributed by atoms with Gasteiger partial charge in [-0.05, 0) is 54.4 Å². The number of thiazole rings is 1. The smallest absolute Gasteiger partial charge is 0.203 e. The molecule has 0 radical (unpaired) electrons. The summed E-state index contributed by atoms with van der Waals surface area (Å²) in [6, 6.07) is 25.4. The Kier molecular flexibility index (Phi) is 7.92. The molecule has 1 N–H and O–H groups in total. The topological polar surface area (TPSA) is 65.0 Å². The molecule has 0 fully saturated rings. The molecule has 4 aromatic rings. The van der Waals surface area contributed by atoms with Crippen molar-refractivity contribution in [3.63, 3.8) is 0 Å². The zero-order valence-corrected chi connectivity index (χ0v) is 19.1. The maximum absolute atomic E-state index is 5.81. The molecule has 0 bridgehead atoms. The highest BCUT2D eigenvalue weighted by Gasteiger charge is 2.00. The Hall–Kier alpha value is -3.84. The molecule has 0 unspecified atom stereocenters. The van der Waals surface area contributed by atoms with Crippen LogP contribution < -0.4 is 19.6 Å². The van der Waals surface area contributed by atoms with E-state index in [-0.39, 0.29) is 0 Å². The number of ether oxygens (including phenoxy) is 3. The molecule has 0 spiro atoms. The van der Waals surface area contributed by atoms with Gasteiger partial charge >= 0.3 is 0 Å². The second-order valence-electron chi connectivity index (χ2n) is 7.18. The summed E-state index contributed by atoms with van der Waals surface area (Å²) in [7, 11) is 0. The first-order chi connectivity index (χ1) is 16.2. The Morgan fingerprint density at radius 2 is 1.58 bits per heavy atom. The molecular weight excluding hydrogens is 434 g/mol. The van der Waals surface area contributed by atoms with E-state index >= 15 is 0 Å². The van der Waals surface area contributed by atoms with Crippen molar-refractivity contribution in [2.45, 2.75) is 13.5 Å². The van der Waals surface area contributed by atoms with Crippen molar-refractivity contribution >= 4 is 22.7 Å². The van der Waals surface area contributed by atoms with Crippen LogP contribution in [0.15, 0.2) is 89.3 Å². The number of hydrogen-bond donors (Lipinski definition) is 1. The first-order valence-corrected chi connectivity index (χ1v) is 11.5. The van der Waals surface area contributed by atoms with Gasteiger partial charge in [-0.3, -0.25) is 5.43 Å². The third-order valence-electron chi connectivity index (χ3n) is 4.54. The van der Waals surface area contributed by atoms with Crippen molar-refractivity contribution in [3.8, 4) is 17.2 Å². The van der Waals surface area contributed by atoms with Crippen molar-refractivity contribution in [2.24, 2.45) is 5.10 Å². The van der Waals surface area contributed by atoms with E-state index in [0.717, 1.165) is 39.2 Å². The van der Waals surface area contributed by atoms with Crippen molar-refractivity contribution in [2.75, 3.05) is 18.6 Å². The van der Waals surface area contributed by atoms with Crippen LogP contribution in [0, 0.1) is 6.92 Å². The van der Waals surface area contributed by atoms with Crippen molar-refractivity contribution in [1.82, 2.24) is 4.98 Å². The van der Waals surface area contributed by atoms with Gasteiger partial charge in [-0.2, -0.15) is 5.10 Å². The lowest BCUT2D eigenvalue weighted by molar-refractivity contribution is 0.217. The highest BCUT2D eigenvalue weighted by molar-refractivity contribution is 7.13. The molecule has 0 aliphatic carbocycles. The molecule has 7 heteroatoms. The monoisotopic (exact) mass is 459 g/mol. The zero-order chi connectivity index (χ0) is 22.7. The Balaban J connectivity index is 1.18. The van der Waals surface area contributed by atoms with E-state index in [2.05, 4.69) is 15.5 Å².